The van der Waals surface area contributed by atoms with Crippen molar-refractivity contribution in [2.75, 3.05) is 52.9 Å². The molecule has 0 unspecified atom stereocenters. The molecule has 0 aromatic heterocycles. The van der Waals surface area contributed by atoms with Crippen LogP contribution in [0.5, 0.6) is 5.75 Å². The number of likely N-dealkylation sites (N-methyl/N-ethyl adjacent to an activating group) is 1. The fraction of sp³-hybridized carbons (Fsp3) is 0.526. The zero-order chi connectivity index (χ0) is 17.1. The Balaban J connectivity index is 1.58. The molecule has 5 nitrogen and oxygen atoms in total. The Kier molecular flexibility index (Phi) is 5.08. The number of carbonyl (C=O) groups is 1. The van der Waals surface area contributed by atoms with Gasteiger partial charge in [0.05, 0.1) is 12.7 Å². The van der Waals surface area contributed by atoms with Gasteiger partial charge in [0.15, 0.2) is 0 Å². The average molecular weight is 327 g/mol. The predicted octanol–water partition coefficient (Wildman–Crippen LogP) is 1.14. The summed E-state index contributed by atoms with van der Waals surface area (Å²) in [5.74, 6) is 3.15. The molecule has 0 radical (unpaired) electrons. The van der Waals surface area contributed by atoms with Crippen molar-refractivity contribution >= 4 is 5.91 Å². The summed E-state index contributed by atoms with van der Waals surface area (Å²) in [5.41, 5.74) is 1.31. The Morgan fingerprint density at radius 1 is 1.29 bits per heavy atom. The number of terminal acetylenes is 1. The Morgan fingerprint density at radius 3 is 2.58 bits per heavy atom. The molecule has 2 heterocycles. The lowest BCUT2D eigenvalue weighted by molar-refractivity contribution is 0.00825. The lowest BCUT2D eigenvalue weighted by Crippen LogP contribution is -2.64. The molecule has 0 N–H and O–H groups in total. The number of ether oxygens (including phenoxy) is 1. The maximum absolute atomic E-state index is 12.7. The number of methoxy groups -OCH3 is 1. The molecule has 2 saturated heterocycles. The second-order valence-corrected chi connectivity index (χ2v) is 6.39. The van der Waals surface area contributed by atoms with E-state index in [-0.39, 0.29) is 5.91 Å². The van der Waals surface area contributed by atoms with E-state index in [9.17, 15) is 4.79 Å². The first kappa shape index (κ1) is 16.8. The number of hydrogen-bond acceptors (Lipinski definition) is 4. The highest BCUT2D eigenvalue weighted by molar-refractivity contribution is 5.97. The smallest absolute Gasteiger partial charge is 0.257 e. The first-order valence-electron chi connectivity index (χ1n) is 8.56. The summed E-state index contributed by atoms with van der Waals surface area (Å²) in [7, 11) is 1.57. The molecule has 1 aromatic carbocycles. The molecule has 1 amide bonds. The van der Waals surface area contributed by atoms with Gasteiger partial charge in [0.25, 0.3) is 5.91 Å². The highest BCUT2D eigenvalue weighted by Gasteiger charge is 2.36. The van der Waals surface area contributed by atoms with E-state index in [0.29, 0.717) is 17.4 Å². The van der Waals surface area contributed by atoms with Crippen molar-refractivity contribution in [2.45, 2.75) is 13.0 Å². The van der Waals surface area contributed by atoms with Crippen molar-refractivity contribution < 1.29 is 9.53 Å². The molecule has 0 aliphatic carbocycles. The van der Waals surface area contributed by atoms with Crippen LogP contribution in [0, 0.1) is 12.3 Å². The van der Waals surface area contributed by atoms with Crippen LogP contribution in [-0.2, 0) is 0 Å². The van der Waals surface area contributed by atoms with Gasteiger partial charge in [-0.25, -0.2) is 0 Å². The molecule has 2 aliphatic rings. The van der Waals surface area contributed by atoms with Crippen molar-refractivity contribution in [3.63, 3.8) is 0 Å². The summed E-state index contributed by atoms with van der Waals surface area (Å²) >= 11 is 0. The van der Waals surface area contributed by atoms with Gasteiger partial charge in [-0.15, -0.1) is 6.42 Å². The molecule has 0 bridgehead atoms. The maximum Gasteiger partial charge on any atom is 0.257 e. The third kappa shape index (κ3) is 3.26. The van der Waals surface area contributed by atoms with Gasteiger partial charge in [-0.1, -0.05) is 12.8 Å². The molecule has 2 aliphatic heterocycles. The molecule has 1 aromatic rings. The molecule has 128 valence electrons. The van der Waals surface area contributed by atoms with E-state index in [2.05, 4.69) is 22.6 Å². The van der Waals surface area contributed by atoms with Crippen molar-refractivity contribution in [1.29, 1.82) is 0 Å². The molecule has 0 saturated carbocycles. The standard InChI is InChI=1S/C19H25N3O2/c1-4-15-6-7-17(18(12-15)24-3)19(23)22-13-16(14-22)21-10-8-20(5-2)9-11-21/h1,6-7,12,16H,5,8-11,13-14H2,2-3H3. The largest absolute Gasteiger partial charge is 0.496 e. The molecule has 5 heteroatoms. The Labute approximate surface area is 144 Å². The van der Waals surface area contributed by atoms with Gasteiger partial charge < -0.3 is 14.5 Å². The van der Waals surface area contributed by atoms with Crippen LogP contribution in [0.2, 0.25) is 0 Å². The van der Waals surface area contributed by atoms with E-state index >= 15 is 0 Å². The number of piperazine rings is 1. The van der Waals surface area contributed by atoms with Gasteiger partial charge in [-0.3, -0.25) is 9.69 Å². The summed E-state index contributed by atoms with van der Waals surface area (Å²) in [4.78, 5) is 19.6. The van der Waals surface area contributed by atoms with Crippen LogP contribution < -0.4 is 4.74 Å². The quantitative estimate of drug-likeness (QED) is 0.777. The molecular weight excluding hydrogens is 302 g/mol. The van der Waals surface area contributed by atoms with Gasteiger partial charge in [0, 0.05) is 50.9 Å². The molecule has 24 heavy (non-hydrogen) atoms. The van der Waals surface area contributed by atoms with Crippen LogP contribution in [0.15, 0.2) is 18.2 Å². The highest BCUT2D eigenvalue weighted by Crippen LogP contribution is 2.25. The van der Waals surface area contributed by atoms with E-state index in [1.54, 1.807) is 25.3 Å². The van der Waals surface area contributed by atoms with E-state index < -0.39 is 0 Å². The zero-order valence-electron chi connectivity index (χ0n) is 14.5. The summed E-state index contributed by atoms with van der Waals surface area (Å²) in [6.45, 7) is 9.37. The van der Waals surface area contributed by atoms with Crippen molar-refractivity contribution in [3.8, 4) is 18.1 Å². The third-order valence-corrected chi connectivity index (χ3v) is 5.12. The number of amides is 1. The number of hydrogen-bond donors (Lipinski definition) is 0. The van der Waals surface area contributed by atoms with Gasteiger partial charge in [0.1, 0.15) is 5.75 Å². The fourth-order valence-corrected chi connectivity index (χ4v) is 3.42. The highest BCUT2D eigenvalue weighted by atomic mass is 16.5. The van der Waals surface area contributed by atoms with Gasteiger partial charge in [-0.2, -0.15) is 0 Å². The average Bonchev–Trinajstić information content (AvgIpc) is 2.60. The van der Waals surface area contributed by atoms with Crippen LogP contribution in [0.25, 0.3) is 0 Å². The Morgan fingerprint density at radius 2 is 2.00 bits per heavy atom. The molecule has 3 rings (SSSR count). The van der Waals surface area contributed by atoms with Crippen molar-refractivity contribution in [2.24, 2.45) is 0 Å². The van der Waals surface area contributed by atoms with Crippen LogP contribution >= 0.6 is 0 Å². The number of likely N-dealkylation sites (tertiary alicyclic amines) is 1. The van der Waals surface area contributed by atoms with Crippen LogP contribution in [0.1, 0.15) is 22.8 Å². The topological polar surface area (TPSA) is 36.0 Å². The second kappa shape index (κ2) is 7.25. The van der Waals surface area contributed by atoms with E-state index in [0.717, 1.165) is 51.4 Å². The summed E-state index contributed by atoms with van der Waals surface area (Å²) < 4.78 is 5.34. The van der Waals surface area contributed by atoms with E-state index in [1.807, 2.05) is 4.90 Å². The minimum absolute atomic E-state index is 0.0267. The van der Waals surface area contributed by atoms with E-state index in [1.165, 1.54) is 0 Å². The molecule has 2 fully saturated rings. The Bertz CT molecular complexity index is 639. The number of rotatable bonds is 4. The van der Waals surface area contributed by atoms with Crippen LogP contribution in [0.3, 0.4) is 0 Å². The Hall–Kier alpha value is -2.03. The lowest BCUT2D eigenvalue weighted by atomic mass is 10.0. The van der Waals surface area contributed by atoms with Crippen LogP contribution in [0.4, 0.5) is 0 Å². The first-order valence-corrected chi connectivity index (χ1v) is 8.56. The van der Waals surface area contributed by atoms with Gasteiger partial charge in [-0.05, 0) is 24.7 Å². The lowest BCUT2D eigenvalue weighted by Gasteiger charge is -2.48. The monoisotopic (exact) mass is 327 g/mol. The fourth-order valence-electron chi connectivity index (χ4n) is 3.42. The van der Waals surface area contributed by atoms with Crippen LogP contribution in [-0.4, -0.2) is 79.6 Å². The van der Waals surface area contributed by atoms with Gasteiger partial charge >= 0.3 is 0 Å². The zero-order valence-corrected chi connectivity index (χ0v) is 14.5. The number of carbonyl (C=O) groups excluding carboxylic acids is 1. The third-order valence-electron chi connectivity index (χ3n) is 5.12. The maximum atomic E-state index is 12.7. The van der Waals surface area contributed by atoms with Crippen molar-refractivity contribution in [3.05, 3.63) is 29.3 Å². The summed E-state index contributed by atoms with van der Waals surface area (Å²) in [5, 5.41) is 0. The van der Waals surface area contributed by atoms with E-state index in [4.69, 9.17) is 11.2 Å². The van der Waals surface area contributed by atoms with Gasteiger partial charge in [0.2, 0.25) is 0 Å². The molecular formula is C19H25N3O2. The first-order chi connectivity index (χ1) is 11.7. The minimum atomic E-state index is 0.0267. The van der Waals surface area contributed by atoms with Crippen molar-refractivity contribution in [1.82, 2.24) is 14.7 Å². The summed E-state index contributed by atoms with van der Waals surface area (Å²) in [6.07, 6.45) is 5.41. The number of benzene rings is 1. The normalized spacial score (nSPS) is 19.6. The second-order valence-electron chi connectivity index (χ2n) is 6.39. The SMILES string of the molecule is C#Cc1ccc(C(=O)N2CC(N3CCN(CC)CC3)C2)c(OC)c1. The summed E-state index contributed by atoms with van der Waals surface area (Å²) in [6, 6.07) is 5.79. The number of nitrogens with zero attached hydrogens (tertiary/aromatic N) is 3. The minimum Gasteiger partial charge on any atom is -0.496 e. The molecule has 0 spiro atoms. The molecule has 0 atom stereocenters. The predicted molar refractivity (Wildman–Crippen MR) is 94.3 cm³/mol.